The minimum Gasteiger partial charge on any atom is -0.393 e. The van der Waals surface area contributed by atoms with Crippen LogP contribution in [0.2, 0.25) is 0 Å². The summed E-state index contributed by atoms with van der Waals surface area (Å²) in [6, 6.07) is 0. The summed E-state index contributed by atoms with van der Waals surface area (Å²) < 4.78 is 7.00. The van der Waals surface area contributed by atoms with Crippen molar-refractivity contribution in [1.82, 2.24) is 14.8 Å². The molecule has 0 bridgehead atoms. The molecule has 5 nitrogen and oxygen atoms in total. The maximum absolute atomic E-state index is 9.92. The molecular weight excluding hydrogens is 218 g/mol. The van der Waals surface area contributed by atoms with Gasteiger partial charge in [-0.3, -0.25) is 0 Å². The van der Waals surface area contributed by atoms with E-state index in [1.807, 2.05) is 11.6 Å². The number of aliphatic hydroxyl groups excluding tert-OH is 1. The Balaban J connectivity index is 2.53. The van der Waals surface area contributed by atoms with Gasteiger partial charge in [0.05, 0.1) is 12.2 Å². The molecule has 1 N–H and O–H groups in total. The van der Waals surface area contributed by atoms with E-state index in [0.29, 0.717) is 18.8 Å². The van der Waals surface area contributed by atoms with Crippen LogP contribution in [-0.4, -0.2) is 39.2 Å². The fourth-order valence-electron chi connectivity index (χ4n) is 1.72. The third-order valence-corrected chi connectivity index (χ3v) is 2.66. The fraction of sp³-hybridized carbons (Fsp3) is 0.833. The van der Waals surface area contributed by atoms with Gasteiger partial charge in [0.25, 0.3) is 0 Å². The lowest BCUT2D eigenvalue weighted by atomic mass is 10.1. The van der Waals surface area contributed by atoms with Gasteiger partial charge in [-0.1, -0.05) is 13.8 Å². The molecule has 17 heavy (non-hydrogen) atoms. The van der Waals surface area contributed by atoms with Crippen molar-refractivity contribution in [2.45, 2.75) is 52.4 Å². The van der Waals surface area contributed by atoms with Gasteiger partial charge >= 0.3 is 0 Å². The second-order valence-electron chi connectivity index (χ2n) is 4.89. The molecule has 2 unspecified atom stereocenters. The number of hydrogen-bond acceptors (Lipinski definition) is 4. The molecule has 0 aliphatic carbocycles. The van der Waals surface area contributed by atoms with E-state index in [1.165, 1.54) is 0 Å². The number of ether oxygens (including phenoxy) is 1. The predicted octanol–water partition coefficient (Wildman–Crippen LogP) is 1.26. The third kappa shape index (κ3) is 4.83. The molecule has 0 radical (unpaired) electrons. The van der Waals surface area contributed by atoms with Crippen molar-refractivity contribution in [1.29, 1.82) is 0 Å². The Morgan fingerprint density at radius 3 is 2.71 bits per heavy atom. The molecule has 0 amide bonds. The Labute approximate surface area is 103 Å². The lowest BCUT2D eigenvalue weighted by Gasteiger charge is -2.15. The van der Waals surface area contributed by atoms with Gasteiger partial charge < -0.3 is 9.84 Å². The molecule has 0 saturated carbocycles. The first kappa shape index (κ1) is 14.1. The summed E-state index contributed by atoms with van der Waals surface area (Å²) in [6.07, 6.45) is 2.32. The Kier molecular flexibility index (Phi) is 5.58. The summed E-state index contributed by atoms with van der Waals surface area (Å²) in [7, 11) is 1.65. The van der Waals surface area contributed by atoms with E-state index in [-0.39, 0.29) is 6.10 Å². The lowest BCUT2D eigenvalue weighted by molar-refractivity contribution is 0.0553. The van der Waals surface area contributed by atoms with E-state index in [4.69, 9.17) is 4.74 Å². The summed E-state index contributed by atoms with van der Waals surface area (Å²) >= 11 is 0. The number of rotatable bonds is 7. The Bertz CT molecular complexity index is 325. The van der Waals surface area contributed by atoms with E-state index < -0.39 is 6.10 Å². The van der Waals surface area contributed by atoms with Gasteiger partial charge in [0.2, 0.25) is 0 Å². The van der Waals surface area contributed by atoms with Gasteiger partial charge in [-0.2, -0.15) is 5.10 Å². The molecule has 5 heteroatoms. The summed E-state index contributed by atoms with van der Waals surface area (Å²) in [5, 5.41) is 14.1. The van der Waals surface area contributed by atoms with Crippen LogP contribution in [0.3, 0.4) is 0 Å². The number of hydrogen-bond donors (Lipinski definition) is 1. The monoisotopic (exact) mass is 241 g/mol. The van der Waals surface area contributed by atoms with Crippen molar-refractivity contribution in [2.24, 2.45) is 5.92 Å². The molecule has 2 atom stereocenters. The lowest BCUT2D eigenvalue weighted by Crippen LogP contribution is -2.22. The van der Waals surface area contributed by atoms with Gasteiger partial charge in [0.1, 0.15) is 12.2 Å². The summed E-state index contributed by atoms with van der Waals surface area (Å²) in [4.78, 5) is 4.19. The predicted molar refractivity (Wildman–Crippen MR) is 65.7 cm³/mol. The van der Waals surface area contributed by atoms with Crippen LogP contribution in [0, 0.1) is 5.92 Å². The van der Waals surface area contributed by atoms with E-state index >= 15 is 0 Å². The van der Waals surface area contributed by atoms with Crippen LogP contribution in [0.15, 0.2) is 6.33 Å². The highest BCUT2D eigenvalue weighted by atomic mass is 16.5. The average Bonchev–Trinajstić information content (AvgIpc) is 2.64. The van der Waals surface area contributed by atoms with Crippen LogP contribution in [0.4, 0.5) is 0 Å². The third-order valence-electron chi connectivity index (χ3n) is 2.66. The zero-order valence-electron chi connectivity index (χ0n) is 11.1. The van der Waals surface area contributed by atoms with E-state index in [2.05, 4.69) is 23.9 Å². The average molecular weight is 241 g/mol. The summed E-state index contributed by atoms with van der Waals surface area (Å²) in [6.45, 7) is 7.05. The Morgan fingerprint density at radius 2 is 2.12 bits per heavy atom. The first-order valence-electron chi connectivity index (χ1n) is 6.10. The zero-order chi connectivity index (χ0) is 12.8. The van der Waals surface area contributed by atoms with Crippen LogP contribution in [0.25, 0.3) is 0 Å². The summed E-state index contributed by atoms with van der Waals surface area (Å²) in [5.74, 6) is 1.36. The minimum absolute atomic E-state index is 0.0615. The van der Waals surface area contributed by atoms with Crippen LogP contribution in [0.1, 0.15) is 33.0 Å². The molecule has 0 spiro atoms. The van der Waals surface area contributed by atoms with E-state index in [9.17, 15) is 5.11 Å². The van der Waals surface area contributed by atoms with Gasteiger partial charge in [0, 0.05) is 20.1 Å². The van der Waals surface area contributed by atoms with Gasteiger partial charge in [-0.15, -0.1) is 0 Å². The van der Waals surface area contributed by atoms with Crippen molar-refractivity contribution >= 4 is 0 Å². The minimum atomic E-state index is -0.430. The quantitative estimate of drug-likeness (QED) is 0.781. The Hall–Kier alpha value is -0.940. The smallest absolute Gasteiger partial charge is 0.138 e. The number of aromatic nitrogens is 3. The molecule has 98 valence electrons. The van der Waals surface area contributed by atoms with Crippen molar-refractivity contribution < 1.29 is 9.84 Å². The number of methoxy groups -OCH3 is 1. The van der Waals surface area contributed by atoms with E-state index in [1.54, 1.807) is 13.4 Å². The van der Waals surface area contributed by atoms with Crippen LogP contribution < -0.4 is 0 Å². The van der Waals surface area contributed by atoms with Crippen LogP contribution >= 0.6 is 0 Å². The molecule has 0 aliphatic rings. The zero-order valence-corrected chi connectivity index (χ0v) is 11.1. The first-order chi connectivity index (χ1) is 8.02. The molecule has 1 aromatic heterocycles. The van der Waals surface area contributed by atoms with Crippen LogP contribution in [0.5, 0.6) is 0 Å². The second-order valence-corrected chi connectivity index (χ2v) is 4.89. The molecule has 1 rings (SSSR count). The summed E-state index contributed by atoms with van der Waals surface area (Å²) in [5.41, 5.74) is 0. The van der Waals surface area contributed by atoms with Crippen molar-refractivity contribution in [3.63, 3.8) is 0 Å². The molecule has 0 saturated heterocycles. The highest BCUT2D eigenvalue weighted by Gasteiger charge is 2.14. The topological polar surface area (TPSA) is 60.2 Å². The van der Waals surface area contributed by atoms with E-state index in [0.717, 1.165) is 12.4 Å². The molecular formula is C12H23N3O2. The highest BCUT2D eigenvalue weighted by Crippen LogP contribution is 2.08. The molecule has 1 aromatic rings. The molecule has 1 heterocycles. The number of aliphatic hydroxyl groups is 1. The second kappa shape index (κ2) is 6.71. The molecule has 0 aliphatic heterocycles. The fourth-order valence-corrected chi connectivity index (χ4v) is 1.72. The van der Waals surface area contributed by atoms with Crippen LogP contribution in [-0.2, 0) is 17.7 Å². The van der Waals surface area contributed by atoms with Gasteiger partial charge in [-0.25, -0.2) is 9.67 Å². The van der Waals surface area contributed by atoms with Crippen molar-refractivity contribution in [3.05, 3.63) is 12.2 Å². The maximum atomic E-state index is 9.92. The maximum Gasteiger partial charge on any atom is 0.138 e. The standard InChI is InChI=1S/C12H23N3O2/c1-9(2)7-15-12(13-8-14-15)6-11(16)5-10(3)17-4/h8-11,16H,5-7H2,1-4H3. The molecule has 0 aromatic carbocycles. The van der Waals surface area contributed by atoms with Crippen molar-refractivity contribution in [2.75, 3.05) is 7.11 Å². The first-order valence-corrected chi connectivity index (χ1v) is 6.10. The van der Waals surface area contributed by atoms with Gasteiger partial charge in [0.15, 0.2) is 0 Å². The molecule has 0 fully saturated rings. The van der Waals surface area contributed by atoms with Crippen molar-refractivity contribution in [3.8, 4) is 0 Å². The van der Waals surface area contributed by atoms with Gasteiger partial charge in [-0.05, 0) is 19.3 Å². The highest BCUT2D eigenvalue weighted by molar-refractivity contribution is 4.88. The normalized spacial score (nSPS) is 15.2. The number of nitrogens with zero attached hydrogens (tertiary/aromatic N) is 3. The Morgan fingerprint density at radius 1 is 1.41 bits per heavy atom. The SMILES string of the molecule is COC(C)CC(O)Cc1ncnn1CC(C)C. The largest absolute Gasteiger partial charge is 0.393 e.